The molecule has 0 saturated carbocycles. The van der Waals surface area contributed by atoms with E-state index in [1.165, 1.54) is 0 Å². The van der Waals surface area contributed by atoms with Gasteiger partial charge in [0.15, 0.2) is 6.10 Å². The van der Waals surface area contributed by atoms with E-state index in [4.69, 9.17) is 4.74 Å². The Morgan fingerprint density at radius 3 is 2.95 bits per heavy atom. The number of amides is 1. The van der Waals surface area contributed by atoms with Crippen LogP contribution in [0.25, 0.3) is 10.1 Å². The van der Waals surface area contributed by atoms with Gasteiger partial charge in [-0.15, -0.1) is 11.3 Å². The molecule has 1 saturated heterocycles. The van der Waals surface area contributed by atoms with E-state index in [1.54, 1.807) is 16.2 Å². The minimum atomic E-state index is -1.04. The number of likely N-dealkylation sites (N-methyl/N-ethyl adjacent to an activating group) is 1. The zero-order valence-electron chi connectivity index (χ0n) is 11.5. The highest BCUT2D eigenvalue weighted by Crippen LogP contribution is 2.37. The monoisotopic (exact) mass is 305 g/mol. The summed E-state index contributed by atoms with van der Waals surface area (Å²) in [5, 5.41) is 12.3. The van der Waals surface area contributed by atoms with Crippen molar-refractivity contribution in [2.24, 2.45) is 0 Å². The number of benzene rings is 1. The number of carbonyl (C=O) groups is 2. The first kappa shape index (κ1) is 14.0. The van der Waals surface area contributed by atoms with Crippen molar-refractivity contribution in [3.63, 3.8) is 0 Å². The molecule has 5 nitrogen and oxygen atoms in total. The van der Waals surface area contributed by atoms with E-state index < -0.39 is 18.1 Å². The number of fused-ring (bicyclic) bond motifs is 1. The van der Waals surface area contributed by atoms with Gasteiger partial charge in [0, 0.05) is 11.2 Å². The molecule has 1 aliphatic heterocycles. The summed E-state index contributed by atoms with van der Waals surface area (Å²) >= 11 is 1.55. The third-order valence-corrected chi connectivity index (χ3v) is 4.72. The standard InChI is InChI=1S/C15H15NO4S/c1-2-16-12(17)7-20-14(15(18)19)13(16)10-8-21-11-6-4-3-5-9(10)11/h3-6,8,13-14H,2,7H2,1H3,(H,18,19). The fraction of sp³-hybridized carbons (Fsp3) is 0.333. The van der Waals surface area contributed by atoms with E-state index in [-0.39, 0.29) is 12.5 Å². The normalized spacial score (nSPS) is 22.7. The molecule has 1 aromatic carbocycles. The molecule has 3 rings (SSSR count). The lowest BCUT2D eigenvalue weighted by atomic mass is 9.97. The van der Waals surface area contributed by atoms with Gasteiger partial charge in [0.2, 0.25) is 5.91 Å². The third-order valence-electron chi connectivity index (χ3n) is 3.74. The number of aliphatic carboxylic acids is 1. The Morgan fingerprint density at radius 2 is 2.24 bits per heavy atom. The van der Waals surface area contributed by atoms with E-state index in [0.29, 0.717) is 6.54 Å². The lowest BCUT2D eigenvalue weighted by Crippen LogP contribution is -2.51. The van der Waals surface area contributed by atoms with Crippen molar-refractivity contribution in [1.29, 1.82) is 0 Å². The summed E-state index contributed by atoms with van der Waals surface area (Å²) in [4.78, 5) is 25.1. The Hall–Kier alpha value is -1.92. The highest BCUT2D eigenvalue weighted by atomic mass is 32.1. The number of morpholine rings is 1. The van der Waals surface area contributed by atoms with Crippen molar-refractivity contribution in [3.05, 3.63) is 35.2 Å². The topological polar surface area (TPSA) is 66.8 Å². The van der Waals surface area contributed by atoms with E-state index in [2.05, 4.69) is 0 Å². The molecule has 110 valence electrons. The second kappa shape index (κ2) is 5.46. The predicted molar refractivity (Wildman–Crippen MR) is 79.3 cm³/mol. The lowest BCUT2D eigenvalue weighted by molar-refractivity contribution is -0.172. The number of carboxylic acid groups (broad SMARTS) is 1. The molecule has 2 atom stereocenters. The van der Waals surface area contributed by atoms with Crippen LogP contribution in [0.5, 0.6) is 0 Å². The second-order valence-corrected chi connectivity index (χ2v) is 5.79. The number of hydrogen-bond acceptors (Lipinski definition) is 4. The van der Waals surface area contributed by atoms with Gasteiger partial charge in [-0.3, -0.25) is 4.79 Å². The van der Waals surface area contributed by atoms with Crippen LogP contribution in [-0.4, -0.2) is 41.1 Å². The fourth-order valence-corrected chi connectivity index (χ4v) is 3.78. The number of nitrogens with zero attached hydrogens (tertiary/aromatic N) is 1. The van der Waals surface area contributed by atoms with Crippen LogP contribution in [0.3, 0.4) is 0 Å². The zero-order valence-corrected chi connectivity index (χ0v) is 12.3. The van der Waals surface area contributed by atoms with Crippen molar-refractivity contribution in [1.82, 2.24) is 4.90 Å². The first-order valence-corrected chi connectivity index (χ1v) is 7.61. The number of carboxylic acids is 1. The molecule has 1 fully saturated rings. The van der Waals surface area contributed by atoms with Gasteiger partial charge in [-0.2, -0.15) is 0 Å². The summed E-state index contributed by atoms with van der Waals surface area (Å²) in [6.45, 7) is 2.13. The number of hydrogen-bond donors (Lipinski definition) is 1. The maximum Gasteiger partial charge on any atom is 0.335 e. The number of carbonyl (C=O) groups excluding carboxylic acids is 1. The average Bonchev–Trinajstić information content (AvgIpc) is 2.90. The Balaban J connectivity index is 2.13. The second-order valence-electron chi connectivity index (χ2n) is 4.88. The number of rotatable bonds is 3. The van der Waals surface area contributed by atoms with Crippen LogP contribution in [0, 0.1) is 0 Å². The molecule has 2 heterocycles. The predicted octanol–water partition coefficient (Wildman–Crippen LogP) is 2.27. The van der Waals surface area contributed by atoms with Gasteiger partial charge in [-0.05, 0) is 29.3 Å². The van der Waals surface area contributed by atoms with Gasteiger partial charge >= 0.3 is 5.97 Å². The van der Waals surface area contributed by atoms with Gasteiger partial charge in [0.05, 0.1) is 6.04 Å². The molecule has 1 aromatic heterocycles. The van der Waals surface area contributed by atoms with Crippen molar-refractivity contribution in [3.8, 4) is 0 Å². The Morgan fingerprint density at radius 1 is 1.48 bits per heavy atom. The van der Waals surface area contributed by atoms with Crippen molar-refractivity contribution >= 4 is 33.3 Å². The van der Waals surface area contributed by atoms with E-state index in [0.717, 1.165) is 15.6 Å². The zero-order chi connectivity index (χ0) is 15.0. The molecule has 0 spiro atoms. The van der Waals surface area contributed by atoms with E-state index in [9.17, 15) is 14.7 Å². The Bertz CT molecular complexity index is 694. The lowest BCUT2D eigenvalue weighted by Gasteiger charge is -2.38. The Labute approximate surface area is 125 Å². The summed E-state index contributed by atoms with van der Waals surface area (Å²) in [6.07, 6.45) is -1.03. The molecular formula is C15H15NO4S. The smallest absolute Gasteiger partial charge is 0.335 e. The molecule has 0 aliphatic carbocycles. The van der Waals surface area contributed by atoms with Crippen LogP contribution in [0.15, 0.2) is 29.6 Å². The molecule has 1 aliphatic rings. The number of ether oxygens (including phenoxy) is 1. The summed E-state index contributed by atoms with van der Waals surface area (Å²) in [6, 6.07) is 7.21. The highest BCUT2D eigenvalue weighted by Gasteiger charge is 2.42. The van der Waals surface area contributed by atoms with E-state index in [1.807, 2.05) is 36.6 Å². The maximum absolute atomic E-state index is 12.0. The van der Waals surface area contributed by atoms with Crippen LogP contribution in [-0.2, 0) is 14.3 Å². The molecule has 1 amide bonds. The highest BCUT2D eigenvalue weighted by molar-refractivity contribution is 7.17. The van der Waals surface area contributed by atoms with Crippen molar-refractivity contribution in [2.75, 3.05) is 13.2 Å². The molecule has 2 aromatic rings. The average molecular weight is 305 g/mol. The SMILES string of the molecule is CCN1C(=O)COC(C(=O)O)C1c1csc2ccccc12. The van der Waals surface area contributed by atoms with Crippen molar-refractivity contribution in [2.45, 2.75) is 19.1 Å². The van der Waals surface area contributed by atoms with Crippen molar-refractivity contribution < 1.29 is 19.4 Å². The Kier molecular flexibility index (Phi) is 3.65. The van der Waals surface area contributed by atoms with Gasteiger partial charge in [-0.25, -0.2) is 4.79 Å². The molecular weight excluding hydrogens is 290 g/mol. The molecule has 0 radical (unpaired) electrons. The summed E-state index contributed by atoms with van der Waals surface area (Å²) < 4.78 is 6.36. The largest absolute Gasteiger partial charge is 0.479 e. The molecule has 6 heteroatoms. The van der Waals surface area contributed by atoms with E-state index >= 15 is 0 Å². The quantitative estimate of drug-likeness (QED) is 0.944. The van der Waals surface area contributed by atoms with Crippen LogP contribution >= 0.6 is 11.3 Å². The van der Waals surface area contributed by atoms with Gasteiger partial charge < -0.3 is 14.7 Å². The van der Waals surface area contributed by atoms with Crippen LogP contribution in [0.4, 0.5) is 0 Å². The molecule has 21 heavy (non-hydrogen) atoms. The summed E-state index contributed by atoms with van der Waals surface area (Å²) in [5.74, 6) is -1.21. The van der Waals surface area contributed by atoms with Gasteiger partial charge in [-0.1, -0.05) is 18.2 Å². The first-order valence-electron chi connectivity index (χ1n) is 6.73. The number of thiophene rings is 1. The summed E-state index contributed by atoms with van der Waals surface area (Å²) in [5.41, 5.74) is 0.845. The molecule has 0 bridgehead atoms. The van der Waals surface area contributed by atoms with Gasteiger partial charge in [0.25, 0.3) is 0 Å². The molecule has 2 unspecified atom stereocenters. The molecule has 1 N–H and O–H groups in total. The van der Waals surface area contributed by atoms with Gasteiger partial charge in [0.1, 0.15) is 6.61 Å². The van der Waals surface area contributed by atoms with Crippen LogP contribution in [0.2, 0.25) is 0 Å². The third kappa shape index (κ3) is 2.30. The minimum absolute atomic E-state index is 0.171. The van der Waals surface area contributed by atoms with Crippen LogP contribution < -0.4 is 0 Å². The fourth-order valence-electron chi connectivity index (χ4n) is 2.79. The minimum Gasteiger partial charge on any atom is -0.479 e. The maximum atomic E-state index is 12.0. The summed E-state index contributed by atoms with van der Waals surface area (Å²) in [7, 11) is 0. The van der Waals surface area contributed by atoms with Crippen LogP contribution in [0.1, 0.15) is 18.5 Å². The first-order chi connectivity index (χ1) is 10.1.